The van der Waals surface area contributed by atoms with Crippen molar-refractivity contribution in [2.24, 2.45) is 0 Å². The van der Waals surface area contributed by atoms with Gasteiger partial charge in [-0.1, -0.05) is 0 Å². The van der Waals surface area contributed by atoms with Gasteiger partial charge in [-0.25, -0.2) is 9.80 Å². The van der Waals surface area contributed by atoms with Crippen LogP contribution in [0.25, 0.3) is 0 Å². The number of aliphatic carboxylic acids is 1. The third-order valence-corrected chi connectivity index (χ3v) is 4.06. The SMILES string of the molecule is CNC(C)C(=O)NC1CCC(=O)N2CCC(C(=O)O)N2C1=O. The number of carbonyl (C=O) groups excluding carboxylic acids is 3. The summed E-state index contributed by atoms with van der Waals surface area (Å²) in [4.78, 5) is 47.8. The summed E-state index contributed by atoms with van der Waals surface area (Å²) in [6.45, 7) is 1.85. The molecule has 9 nitrogen and oxygen atoms in total. The summed E-state index contributed by atoms with van der Waals surface area (Å²) in [7, 11) is 1.62. The summed E-state index contributed by atoms with van der Waals surface area (Å²) < 4.78 is 0. The minimum absolute atomic E-state index is 0.0907. The number of hydrogen-bond acceptors (Lipinski definition) is 5. The Morgan fingerprint density at radius 1 is 1.32 bits per heavy atom. The Hall–Kier alpha value is -2.16. The van der Waals surface area contributed by atoms with Gasteiger partial charge in [0.15, 0.2) is 6.04 Å². The fraction of sp³-hybridized carbons (Fsp3) is 0.692. The van der Waals surface area contributed by atoms with Crippen molar-refractivity contribution in [1.82, 2.24) is 20.7 Å². The van der Waals surface area contributed by atoms with Crippen molar-refractivity contribution in [3.05, 3.63) is 0 Å². The molecule has 2 aliphatic heterocycles. The first-order chi connectivity index (χ1) is 10.4. The lowest BCUT2D eigenvalue weighted by atomic mass is 10.1. The molecule has 0 spiro atoms. The van der Waals surface area contributed by atoms with Gasteiger partial charge in [-0.15, -0.1) is 0 Å². The van der Waals surface area contributed by atoms with Gasteiger partial charge in [-0.05, 0) is 20.4 Å². The number of nitrogens with zero attached hydrogens (tertiary/aromatic N) is 2. The van der Waals surface area contributed by atoms with Crippen LogP contribution >= 0.6 is 0 Å². The van der Waals surface area contributed by atoms with E-state index >= 15 is 0 Å². The number of hydrogen-bond donors (Lipinski definition) is 3. The lowest BCUT2D eigenvalue weighted by molar-refractivity contribution is -0.166. The van der Waals surface area contributed by atoms with E-state index in [1.807, 2.05) is 0 Å². The predicted molar refractivity (Wildman–Crippen MR) is 74.3 cm³/mol. The molecule has 3 N–H and O–H groups in total. The topological polar surface area (TPSA) is 119 Å². The monoisotopic (exact) mass is 312 g/mol. The number of rotatable bonds is 4. The molecule has 122 valence electrons. The van der Waals surface area contributed by atoms with E-state index in [0.717, 1.165) is 5.01 Å². The van der Waals surface area contributed by atoms with Crippen LogP contribution in [0, 0.1) is 0 Å². The quantitative estimate of drug-likeness (QED) is 0.569. The number of fused-ring (bicyclic) bond motifs is 1. The van der Waals surface area contributed by atoms with Gasteiger partial charge in [0.2, 0.25) is 11.8 Å². The van der Waals surface area contributed by atoms with Crippen LogP contribution in [0.3, 0.4) is 0 Å². The maximum Gasteiger partial charge on any atom is 0.328 e. The molecule has 0 aromatic rings. The highest BCUT2D eigenvalue weighted by atomic mass is 16.4. The number of carboxylic acids is 1. The van der Waals surface area contributed by atoms with Crippen molar-refractivity contribution in [3.8, 4) is 0 Å². The zero-order valence-corrected chi connectivity index (χ0v) is 12.5. The Kier molecular flexibility index (Phi) is 4.65. The van der Waals surface area contributed by atoms with Crippen LogP contribution in [-0.2, 0) is 19.2 Å². The molecule has 9 heteroatoms. The van der Waals surface area contributed by atoms with Crippen LogP contribution in [-0.4, -0.2) is 70.5 Å². The highest BCUT2D eigenvalue weighted by Gasteiger charge is 2.46. The van der Waals surface area contributed by atoms with Gasteiger partial charge >= 0.3 is 5.97 Å². The molecular weight excluding hydrogens is 292 g/mol. The van der Waals surface area contributed by atoms with Gasteiger partial charge in [-0.2, -0.15) is 0 Å². The Morgan fingerprint density at radius 3 is 2.59 bits per heavy atom. The highest BCUT2D eigenvalue weighted by Crippen LogP contribution is 2.25. The Bertz CT molecular complexity index is 509. The van der Waals surface area contributed by atoms with Gasteiger partial charge in [0, 0.05) is 19.4 Å². The van der Waals surface area contributed by atoms with Crippen LogP contribution in [0.5, 0.6) is 0 Å². The summed E-state index contributed by atoms with van der Waals surface area (Å²) in [5, 5.41) is 16.7. The second-order valence-corrected chi connectivity index (χ2v) is 5.45. The smallest absolute Gasteiger partial charge is 0.328 e. The van der Waals surface area contributed by atoms with Crippen molar-refractivity contribution < 1.29 is 24.3 Å². The van der Waals surface area contributed by atoms with E-state index < -0.39 is 30.0 Å². The fourth-order valence-corrected chi connectivity index (χ4v) is 2.63. The minimum atomic E-state index is -1.15. The third kappa shape index (κ3) is 2.89. The lowest BCUT2D eigenvalue weighted by Crippen LogP contribution is -2.56. The number of amides is 3. The van der Waals surface area contributed by atoms with Gasteiger partial charge < -0.3 is 15.7 Å². The largest absolute Gasteiger partial charge is 0.480 e. The second-order valence-electron chi connectivity index (χ2n) is 5.45. The molecule has 2 aliphatic rings. The van der Waals surface area contributed by atoms with E-state index in [1.165, 1.54) is 5.01 Å². The first-order valence-electron chi connectivity index (χ1n) is 7.20. The zero-order valence-electron chi connectivity index (χ0n) is 12.5. The Labute approximate surface area is 127 Å². The van der Waals surface area contributed by atoms with Gasteiger partial charge in [0.25, 0.3) is 5.91 Å². The van der Waals surface area contributed by atoms with Gasteiger partial charge in [-0.3, -0.25) is 19.4 Å². The van der Waals surface area contributed by atoms with E-state index in [9.17, 15) is 24.3 Å². The third-order valence-electron chi connectivity index (χ3n) is 4.06. The van der Waals surface area contributed by atoms with Gasteiger partial charge in [0.05, 0.1) is 6.04 Å². The fourth-order valence-electron chi connectivity index (χ4n) is 2.63. The number of nitrogens with one attached hydrogen (secondary N) is 2. The molecule has 2 heterocycles. The number of likely N-dealkylation sites (N-methyl/N-ethyl adjacent to an activating group) is 1. The van der Waals surface area contributed by atoms with Crippen LogP contribution < -0.4 is 10.6 Å². The van der Waals surface area contributed by atoms with Crippen molar-refractivity contribution in [2.45, 2.75) is 44.3 Å². The van der Waals surface area contributed by atoms with Crippen molar-refractivity contribution in [3.63, 3.8) is 0 Å². The first-order valence-corrected chi connectivity index (χ1v) is 7.20. The van der Waals surface area contributed by atoms with Crippen LogP contribution in [0.1, 0.15) is 26.2 Å². The van der Waals surface area contributed by atoms with E-state index in [0.29, 0.717) is 0 Å². The van der Waals surface area contributed by atoms with E-state index in [-0.39, 0.29) is 37.6 Å². The first kappa shape index (κ1) is 16.2. The van der Waals surface area contributed by atoms with Crippen LogP contribution in [0.2, 0.25) is 0 Å². The predicted octanol–water partition coefficient (Wildman–Crippen LogP) is -1.70. The minimum Gasteiger partial charge on any atom is -0.480 e. The molecule has 0 bridgehead atoms. The molecule has 2 rings (SSSR count). The number of carboxylic acid groups (broad SMARTS) is 1. The van der Waals surface area contributed by atoms with Crippen molar-refractivity contribution >= 4 is 23.7 Å². The number of carbonyl (C=O) groups is 4. The summed E-state index contributed by atoms with van der Waals surface area (Å²) in [5.74, 6) is -2.37. The molecule has 3 atom stereocenters. The molecule has 0 aromatic carbocycles. The molecule has 22 heavy (non-hydrogen) atoms. The average molecular weight is 312 g/mol. The Balaban J connectivity index is 2.20. The Morgan fingerprint density at radius 2 is 2.00 bits per heavy atom. The van der Waals surface area contributed by atoms with E-state index in [4.69, 9.17) is 0 Å². The molecule has 2 saturated heterocycles. The molecule has 0 aromatic heterocycles. The zero-order chi connectivity index (χ0) is 16.4. The lowest BCUT2D eigenvalue weighted by Gasteiger charge is -2.30. The molecule has 0 saturated carbocycles. The normalized spacial score (nSPS) is 26.5. The summed E-state index contributed by atoms with van der Waals surface area (Å²) >= 11 is 0. The van der Waals surface area contributed by atoms with Crippen LogP contribution in [0.4, 0.5) is 0 Å². The standard InChI is InChI=1S/C13H20N4O5/c1-7(14-2)11(19)15-8-3-4-10(18)16-6-5-9(13(21)22)17(16)12(8)20/h7-9,14H,3-6H2,1-2H3,(H,15,19)(H,21,22). The summed E-state index contributed by atoms with van der Waals surface area (Å²) in [5.41, 5.74) is 0. The summed E-state index contributed by atoms with van der Waals surface area (Å²) in [6.07, 6.45) is 0.451. The molecule has 2 fully saturated rings. The molecule has 3 unspecified atom stereocenters. The maximum atomic E-state index is 12.6. The molecular formula is C13H20N4O5. The number of hydrazine groups is 1. The van der Waals surface area contributed by atoms with E-state index in [1.54, 1.807) is 14.0 Å². The molecule has 0 radical (unpaired) electrons. The highest BCUT2D eigenvalue weighted by molar-refractivity contribution is 5.95. The molecule has 3 amide bonds. The summed E-state index contributed by atoms with van der Waals surface area (Å²) in [6, 6.07) is -2.44. The van der Waals surface area contributed by atoms with Gasteiger partial charge in [0.1, 0.15) is 6.04 Å². The van der Waals surface area contributed by atoms with Crippen molar-refractivity contribution in [1.29, 1.82) is 0 Å². The maximum absolute atomic E-state index is 12.6. The second kappa shape index (κ2) is 6.30. The van der Waals surface area contributed by atoms with Crippen molar-refractivity contribution in [2.75, 3.05) is 13.6 Å². The molecule has 0 aliphatic carbocycles. The average Bonchev–Trinajstić information content (AvgIpc) is 2.90. The van der Waals surface area contributed by atoms with Crippen LogP contribution in [0.15, 0.2) is 0 Å². The van der Waals surface area contributed by atoms with E-state index in [2.05, 4.69) is 10.6 Å².